The minimum absolute atomic E-state index is 0.193. The van der Waals surface area contributed by atoms with Crippen LogP contribution in [-0.2, 0) is 6.54 Å². The Balaban J connectivity index is 2.11. The van der Waals surface area contributed by atoms with Gasteiger partial charge in [0.05, 0.1) is 12.1 Å². The van der Waals surface area contributed by atoms with Crippen molar-refractivity contribution in [2.75, 3.05) is 0 Å². The van der Waals surface area contributed by atoms with Crippen molar-refractivity contribution in [2.45, 2.75) is 19.9 Å². The fourth-order valence-corrected chi connectivity index (χ4v) is 2.01. The fourth-order valence-electron chi connectivity index (χ4n) is 1.41. The lowest BCUT2D eigenvalue weighted by Gasteiger charge is -1.98. The lowest BCUT2D eigenvalue weighted by Crippen LogP contribution is -1.96. The molecule has 2 rings (SSSR count). The average Bonchev–Trinajstić information content (AvgIpc) is 2.88. The van der Waals surface area contributed by atoms with Gasteiger partial charge in [-0.15, -0.1) is 11.3 Å². The first-order valence-corrected chi connectivity index (χ1v) is 5.74. The molecule has 2 aromatic heterocycles. The lowest BCUT2D eigenvalue weighted by molar-refractivity contribution is 0.0988. The summed E-state index contributed by atoms with van der Waals surface area (Å²) in [6.07, 6.45) is 6.24. The highest BCUT2D eigenvalue weighted by Gasteiger charge is 2.05. The lowest BCUT2D eigenvalue weighted by atomic mass is 10.2. The SMILES string of the molecule is CCC(=O)c1ccn(Cc2cncs2)c1. The van der Waals surface area contributed by atoms with E-state index in [0.717, 1.165) is 12.1 Å². The van der Waals surface area contributed by atoms with Crippen LogP contribution in [0.3, 0.4) is 0 Å². The van der Waals surface area contributed by atoms with Crippen molar-refractivity contribution in [1.29, 1.82) is 0 Å². The number of carbonyl (C=O) groups is 1. The maximum Gasteiger partial charge on any atom is 0.164 e. The molecule has 0 saturated carbocycles. The molecule has 2 heterocycles. The first-order chi connectivity index (χ1) is 7.29. The molecule has 0 radical (unpaired) electrons. The van der Waals surface area contributed by atoms with Gasteiger partial charge >= 0.3 is 0 Å². The maximum absolute atomic E-state index is 11.4. The minimum atomic E-state index is 0.193. The van der Waals surface area contributed by atoms with Crippen LogP contribution in [0.2, 0.25) is 0 Å². The van der Waals surface area contributed by atoms with E-state index in [9.17, 15) is 4.79 Å². The third-order valence-corrected chi connectivity index (χ3v) is 2.98. The summed E-state index contributed by atoms with van der Waals surface area (Å²) in [6.45, 7) is 2.67. The summed E-state index contributed by atoms with van der Waals surface area (Å²) in [5.74, 6) is 0.193. The monoisotopic (exact) mass is 220 g/mol. The number of thiazole rings is 1. The zero-order valence-electron chi connectivity index (χ0n) is 8.51. The minimum Gasteiger partial charge on any atom is -0.348 e. The van der Waals surface area contributed by atoms with Crippen LogP contribution in [0.5, 0.6) is 0 Å². The Kier molecular flexibility index (Phi) is 2.97. The van der Waals surface area contributed by atoms with Gasteiger partial charge < -0.3 is 4.57 Å². The van der Waals surface area contributed by atoms with Gasteiger partial charge in [0.1, 0.15) is 0 Å². The van der Waals surface area contributed by atoms with Gasteiger partial charge in [-0.1, -0.05) is 6.92 Å². The number of hydrogen-bond donors (Lipinski definition) is 0. The molecule has 0 aromatic carbocycles. The van der Waals surface area contributed by atoms with Crippen molar-refractivity contribution in [2.24, 2.45) is 0 Å². The van der Waals surface area contributed by atoms with Crippen LogP contribution < -0.4 is 0 Å². The van der Waals surface area contributed by atoms with E-state index in [1.807, 2.05) is 41.7 Å². The van der Waals surface area contributed by atoms with E-state index in [2.05, 4.69) is 4.98 Å². The molecule has 3 nitrogen and oxygen atoms in total. The van der Waals surface area contributed by atoms with Gasteiger partial charge in [0, 0.05) is 35.5 Å². The second kappa shape index (κ2) is 4.40. The summed E-state index contributed by atoms with van der Waals surface area (Å²) >= 11 is 1.62. The van der Waals surface area contributed by atoms with Crippen LogP contribution in [0.4, 0.5) is 0 Å². The summed E-state index contributed by atoms with van der Waals surface area (Å²) in [7, 11) is 0. The zero-order chi connectivity index (χ0) is 10.7. The van der Waals surface area contributed by atoms with E-state index < -0.39 is 0 Å². The smallest absolute Gasteiger partial charge is 0.164 e. The first kappa shape index (κ1) is 10.1. The molecule has 0 aliphatic rings. The van der Waals surface area contributed by atoms with Crippen LogP contribution in [-0.4, -0.2) is 15.3 Å². The third kappa shape index (κ3) is 2.33. The van der Waals surface area contributed by atoms with E-state index >= 15 is 0 Å². The average molecular weight is 220 g/mol. The molecule has 2 aromatic rings. The standard InChI is InChI=1S/C11H12N2OS/c1-2-11(14)9-3-4-13(6-9)7-10-5-12-8-15-10/h3-6,8H,2,7H2,1H3. The normalized spacial score (nSPS) is 10.5. The van der Waals surface area contributed by atoms with Gasteiger partial charge in [0.2, 0.25) is 0 Å². The highest BCUT2D eigenvalue weighted by molar-refractivity contribution is 7.09. The molecular formula is C11H12N2OS. The molecule has 0 aliphatic heterocycles. The zero-order valence-corrected chi connectivity index (χ0v) is 9.33. The molecule has 78 valence electrons. The van der Waals surface area contributed by atoms with Crippen molar-refractivity contribution in [3.63, 3.8) is 0 Å². The summed E-state index contributed by atoms with van der Waals surface area (Å²) in [5, 5.41) is 0. The summed E-state index contributed by atoms with van der Waals surface area (Å²) in [6, 6.07) is 1.87. The Bertz CT molecular complexity index is 445. The molecule has 0 amide bonds. The van der Waals surface area contributed by atoms with Crippen molar-refractivity contribution >= 4 is 17.1 Å². The molecule has 4 heteroatoms. The van der Waals surface area contributed by atoms with Crippen LogP contribution in [0, 0.1) is 0 Å². The highest BCUT2D eigenvalue weighted by atomic mass is 32.1. The maximum atomic E-state index is 11.4. The second-order valence-corrected chi connectivity index (χ2v) is 4.29. The topological polar surface area (TPSA) is 34.9 Å². The molecule has 15 heavy (non-hydrogen) atoms. The first-order valence-electron chi connectivity index (χ1n) is 4.86. The number of ketones is 1. The van der Waals surface area contributed by atoms with Crippen molar-refractivity contribution < 1.29 is 4.79 Å². The van der Waals surface area contributed by atoms with Crippen molar-refractivity contribution in [3.8, 4) is 0 Å². The quantitative estimate of drug-likeness (QED) is 0.742. The largest absolute Gasteiger partial charge is 0.348 e. The Morgan fingerprint density at radius 3 is 3.13 bits per heavy atom. The van der Waals surface area contributed by atoms with E-state index in [0.29, 0.717) is 6.42 Å². The van der Waals surface area contributed by atoms with Gasteiger partial charge in [-0.05, 0) is 6.07 Å². The van der Waals surface area contributed by atoms with E-state index in [4.69, 9.17) is 0 Å². The molecule has 0 aliphatic carbocycles. The predicted octanol–water partition coefficient (Wildman–Crippen LogP) is 2.59. The number of nitrogens with zero attached hydrogens (tertiary/aromatic N) is 2. The Morgan fingerprint density at radius 2 is 2.47 bits per heavy atom. The number of carbonyl (C=O) groups excluding carboxylic acids is 1. The third-order valence-electron chi connectivity index (χ3n) is 2.22. The van der Waals surface area contributed by atoms with Gasteiger partial charge in [-0.25, -0.2) is 0 Å². The molecule has 0 N–H and O–H groups in total. The number of Topliss-reactive ketones (excluding diaryl/α,β-unsaturated/α-hetero) is 1. The van der Waals surface area contributed by atoms with Crippen LogP contribution in [0.25, 0.3) is 0 Å². The summed E-state index contributed by atoms with van der Waals surface area (Å²) < 4.78 is 2.01. The Morgan fingerprint density at radius 1 is 1.60 bits per heavy atom. The van der Waals surface area contributed by atoms with E-state index in [1.165, 1.54) is 4.88 Å². The molecular weight excluding hydrogens is 208 g/mol. The van der Waals surface area contributed by atoms with Crippen LogP contribution in [0.15, 0.2) is 30.2 Å². The van der Waals surface area contributed by atoms with Gasteiger partial charge in [0.25, 0.3) is 0 Å². The Hall–Kier alpha value is -1.42. The van der Waals surface area contributed by atoms with Gasteiger partial charge in [-0.3, -0.25) is 9.78 Å². The number of hydrogen-bond acceptors (Lipinski definition) is 3. The van der Waals surface area contributed by atoms with Gasteiger partial charge in [-0.2, -0.15) is 0 Å². The van der Waals surface area contributed by atoms with Crippen molar-refractivity contribution in [1.82, 2.24) is 9.55 Å². The summed E-state index contributed by atoms with van der Waals surface area (Å²) in [4.78, 5) is 16.6. The molecule has 0 bridgehead atoms. The molecule has 0 spiro atoms. The van der Waals surface area contributed by atoms with E-state index in [-0.39, 0.29) is 5.78 Å². The molecule has 0 saturated heterocycles. The summed E-state index contributed by atoms with van der Waals surface area (Å²) in [5.41, 5.74) is 2.61. The highest BCUT2D eigenvalue weighted by Crippen LogP contribution is 2.10. The second-order valence-electron chi connectivity index (χ2n) is 3.32. The predicted molar refractivity (Wildman–Crippen MR) is 60.3 cm³/mol. The van der Waals surface area contributed by atoms with Crippen LogP contribution in [0.1, 0.15) is 28.6 Å². The van der Waals surface area contributed by atoms with Crippen molar-refractivity contribution in [3.05, 3.63) is 40.6 Å². The molecule has 0 unspecified atom stereocenters. The van der Waals surface area contributed by atoms with Crippen LogP contribution >= 0.6 is 11.3 Å². The molecule has 0 atom stereocenters. The number of aromatic nitrogens is 2. The number of rotatable bonds is 4. The Labute approximate surface area is 92.4 Å². The van der Waals surface area contributed by atoms with Gasteiger partial charge in [0.15, 0.2) is 5.78 Å². The fraction of sp³-hybridized carbons (Fsp3) is 0.273. The molecule has 0 fully saturated rings. The van der Waals surface area contributed by atoms with E-state index in [1.54, 1.807) is 11.3 Å².